The highest BCUT2D eigenvalue weighted by atomic mass is 19.1. The maximum Gasteiger partial charge on any atom is 0.254 e. The first-order valence-corrected chi connectivity index (χ1v) is 8.48. The van der Waals surface area contributed by atoms with E-state index >= 15 is 0 Å². The largest absolute Gasteiger partial charge is 0.328 e. The van der Waals surface area contributed by atoms with Gasteiger partial charge in [-0.2, -0.15) is 0 Å². The Balaban J connectivity index is 2.09. The summed E-state index contributed by atoms with van der Waals surface area (Å²) in [5, 5.41) is 0. The molecule has 132 valence electrons. The van der Waals surface area contributed by atoms with Crippen LogP contribution >= 0.6 is 0 Å². The van der Waals surface area contributed by atoms with Gasteiger partial charge in [0.1, 0.15) is 5.82 Å². The Kier molecular flexibility index (Phi) is 5.37. The Bertz CT molecular complexity index is 884. The third kappa shape index (κ3) is 3.61. The summed E-state index contributed by atoms with van der Waals surface area (Å²) in [4.78, 5) is 23.1. The molecule has 1 amide bonds. The minimum Gasteiger partial charge on any atom is -0.328 e. The smallest absolute Gasteiger partial charge is 0.254 e. The molecule has 3 rings (SSSR count). The van der Waals surface area contributed by atoms with Crippen molar-refractivity contribution >= 4 is 5.91 Å². The maximum atomic E-state index is 13.8. The summed E-state index contributed by atoms with van der Waals surface area (Å²) < 4.78 is 13.8. The van der Waals surface area contributed by atoms with E-state index in [1.165, 1.54) is 6.07 Å². The second-order valence-electron chi connectivity index (χ2n) is 6.02. The quantitative estimate of drug-likeness (QED) is 0.694. The van der Waals surface area contributed by atoms with Crippen LogP contribution in [0.4, 0.5) is 4.39 Å². The van der Waals surface area contributed by atoms with Crippen molar-refractivity contribution in [2.75, 3.05) is 6.54 Å². The van der Waals surface area contributed by atoms with Crippen molar-refractivity contribution in [2.45, 2.75) is 19.9 Å². The maximum absolute atomic E-state index is 13.8. The zero-order chi connectivity index (χ0) is 18.5. The first kappa shape index (κ1) is 17.7. The molecule has 0 aliphatic carbocycles. The van der Waals surface area contributed by atoms with E-state index in [0.29, 0.717) is 17.7 Å². The van der Waals surface area contributed by atoms with E-state index in [-0.39, 0.29) is 17.8 Å². The van der Waals surface area contributed by atoms with Crippen molar-refractivity contribution in [1.82, 2.24) is 14.9 Å². The lowest BCUT2D eigenvalue weighted by atomic mass is 9.96. The number of halogens is 1. The van der Waals surface area contributed by atoms with E-state index in [1.54, 1.807) is 60.9 Å². The number of rotatable bonds is 5. The Morgan fingerprint density at radius 2 is 1.85 bits per heavy atom. The number of hydrogen-bond acceptors (Lipinski definition) is 3. The Hall–Kier alpha value is -3.08. The monoisotopic (exact) mass is 349 g/mol. The molecule has 0 bridgehead atoms. The molecule has 0 fully saturated rings. The van der Waals surface area contributed by atoms with E-state index in [9.17, 15) is 9.18 Å². The highest BCUT2D eigenvalue weighted by Crippen LogP contribution is 2.30. The minimum absolute atomic E-state index is 0.106. The van der Waals surface area contributed by atoms with Crippen LogP contribution in [0.1, 0.15) is 40.0 Å². The predicted octanol–water partition coefficient (Wildman–Crippen LogP) is 4.18. The zero-order valence-electron chi connectivity index (χ0n) is 14.8. The van der Waals surface area contributed by atoms with Crippen LogP contribution in [0.25, 0.3) is 0 Å². The second-order valence-corrected chi connectivity index (χ2v) is 6.02. The van der Waals surface area contributed by atoms with Gasteiger partial charge in [0.25, 0.3) is 5.91 Å². The number of aryl methyl sites for hydroxylation is 1. The Morgan fingerprint density at radius 3 is 2.46 bits per heavy atom. The standard InChI is InChI=1S/C21H20FN3O/c1-3-25(21(26)16-8-11-23-12-9-16)20(18-5-4-10-24-14-18)17-6-7-19(22)15(2)13-17/h4-14,20H,3H2,1-2H3/t20-/m0/s1. The Labute approximate surface area is 152 Å². The molecular weight excluding hydrogens is 329 g/mol. The molecule has 0 radical (unpaired) electrons. The summed E-state index contributed by atoms with van der Waals surface area (Å²) >= 11 is 0. The zero-order valence-corrected chi connectivity index (χ0v) is 14.8. The van der Waals surface area contributed by atoms with E-state index in [2.05, 4.69) is 9.97 Å². The van der Waals surface area contributed by atoms with Crippen molar-refractivity contribution in [3.05, 3.63) is 95.3 Å². The van der Waals surface area contributed by atoms with Crippen molar-refractivity contribution in [3.63, 3.8) is 0 Å². The number of carbonyl (C=O) groups excluding carboxylic acids is 1. The van der Waals surface area contributed by atoms with Gasteiger partial charge in [-0.25, -0.2) is 4.39 Å². The van der Waals surface area contributed by atoms with E-state index in [0.717, 1.165) is 11.1 Å². The van der Waals surface area contributed by atoms with Gasteiger partial charge in [0.05, 0.1) is 6.04 Å². The lowest BCUT2D eigenvalue weighted by Gasteiger charge is -2.32. The van der Waals surface area contributed by atoms with Crippen LogP contribution in [0.3, 0.4) is 0 Å². The molecule has 1 aromatic carbocycles. The minimum atomic E-state index is -0.353. The number of amides is 1. The first-order valence-electron chi connectivity index (χ1n) is 8.48. The van der Waals surface area contributed by atoms with Gasteiger partial charge in [0, 0.05) is 36.9 Å². The van der Waals surface area contributed by atoms with Crippen LogP contribution in [0.15, 0.2) is 67.3 Å². The van der Waals surface area contributed by atoms with Gasteiger partial charge in [-0.05, 0) is 54.8 Å². The number of nitrogens with zero attached hydrogens (tertiary/aromatic N) is 3. The SMILES string of the molecule is CCN(C(=O)c1ccncc1)[C@H](c1cccnc1)c1ccc(F)c(C)c1. The number of benzene rings is 1. The average molecular weight is 349 g/mol. The van der Waals surface area contributed by atoms with Crippen LogP contribution < -0.4 is 0 Å². The summed E-state index contributed by atoms with van der Waals surface area (Å²) in [5.41, 5.74) is 2.84. The second kappa shape index (κ2) is 7.87. The average Bonchev–Trinajstić information content (AvgIpc) is 2.69. The highest BCUT2D eigenvalue weighted by Gasteiger charge is 2.27. The number of pyridine rings is 2. The molecule has 4 nitrogen and oxygen atoms in total. The van der Waals surface area contributed by atoms with Crippen molar-refractivity contribution in [3.8, 4) is 0 Å². The van der Waals surface area contributed by atoms with E-state index in [4.69, 9.17) is 0 Å². The number of aromatic nitrogens is 2. The molecule has 0 aliphatic rings. The molecule has 0 unspecified atom stereocenters. The summed E-state index contributed by atoms with van der Waals surface area (Å²) in [6.45, 7) is 4.15. The number of hydrogen-bond donors (Lipinski definition) is 0. The highest BCUT2D eigenvalue weighted by molar-refractivity contribution is 5.94. The van der Waals surface area contributed by atoms with E-state index < -0.39 is 0 Å². The molecule has 2 aromatic heterocycles. The third-order valence-corrected chi connectivity index (χ3v) is 4.34. The van der Waals surface area contributed by atoms with Gasteiger partial charge >= 0.3 is 0 Å². The van der Waals surface area contributed by atoms with Gasteiger partial charge < -0.3 is 4.90 Å². The van der Waals surface area contributed by atoms with Crippen LogP contribution in [0, 0.1) is 12.7 Å². The van der Waals surface area contributed by atoms with Crippen molar-refractivity contribution in [2.24, 2.45) is 0 Å². The normalized spacial score (nSPS) is 11.8. The molecule has 26 heavy (non-hydrogen) atoms. The lowest BCUT2D eigenvalue weighted by Crippen LogP contribution is -2.35. The lowest BCUT2D eigenvalue weighted by molar-refractivity contribution is 0.0716. The molecule has 0 aliphatic heterocycles. The fourth-order valence-corrected chi connectivity index (χ4v) is 3.03. The summed E-state index contributed by atoms with van der Waals surface area (Å²) in [7, 11) is 0. The van der Waals surface area contributed by atoms with Gasteiger partial charge in [-0.3, -0.25) is 14.8 Å². The van der Waals surface area contributed by atoms with Crippen LogP contribution in [0.5, 0.6) is 0 Å². The first-order chi connectivity index (χ1) is 12.6. The van der Waals surface area contributed by atoms with Gasteiger partial charge in [0.15, 0.2) is 0 Å². The molecule has 0 spiro atoms. The topological polar surface area (TPSA) is 46.1 Å². The summed E-state index contributed by atoms with van der Waals surface area (Å²) in [6.07, 6.45) is 6.63. The fraction of sp³-hybridized carbons (Fsp3) is 0.190. The summed E-state index contributed by atoms with van der Waals surface area (Å²) in [6, 6.07) is 11.8. The Morgan fingerprint density at radius 1 is 1.08 bits per heavy atom. The van der Waals surface area contributed by atoms with Crippen molar-refractivity contribution in [1.29, 1.82) is 0 Å². The summed E-state index contributed by atoms with van der Waals surface area (Å²) in [5.74, 6) is -0.368. The molecule has 1 atom stereocenters. The van der Waals surface area contributed by atoms with Crippen LogP contribution in [-0.2, 0) is 0 Å². The van der Waals surface area contributed by atoms with Crippen molar-refractivity contribution < 1.29 is 9.18 Å². The van der Waals surface area contributed by atoms with Gasteiger partial charge in [0.2, 0.25) is 0 Å². The fourth-order valence-electron chi connectivity index (χ4n) is 3.03. The molecule has 5 heteroatoms. The van der Waals surface area contributed by atoms with Crippen LogP contribution in [-0.4, -0.2) is 27.3 Å². The predicted molar refractivity (Wildman–Crippen MR) is 98.2 cm³/mol. The molecule has 3 aromatic rings. The molecule has 0 N–H and O–H groups in total. The van der Waals surface area contributed by atoms with Gasteiger partial charge in [-0.15, -0.1) is 0 Å². The molecule has 0 saturated carbocycles. The number of carbonyl (C=O) groups is 1. The molecule has 2 heterocycles. The molecule has 0 saturated heterocycles. The van der Waals surface area contributed by atoms with Gasteiger partial charge in [-0.1, -0.05) is 18.2 Å². The van der Waals surface area contributed by atoms with Crippen LogP contribution in [0.2, 0.25) is 0 Å². The molecular formula is C21H20FN3O. The third-order valence-electron chi connectivity index (χ3n) is 4.34. The van der Waals surface area contributed by atoms with E-state index in [1.807, 2.05) is 19.1 Å².